The molecule has 14 heavy (non-hydrogen) atoms. The first kappa shape index (κ1) is 9.62. The van der Waals surface area contributed by atoms with Crippen molar-refractivity contribution in [1.29, 1.82) is 0 Å². The molecular formula is C11H14FNO. The van der Waals surface area contributed by atoms with Crippen LogP contribution in [0.1, 0.15) is 18.5 Å². The number of nitrogens with one attached hydrogen (secondary N) is 1. The molecule has 3 heteroatoms. The highest BCUT2D eigenvalue weighted by atomic mass is 19.1. The van der Waals surface area contributed by atoms with Crippen LogP contribution in [0.25, 0.3) is 0 Å². The summed E-state index contributed by atoms with van der Waals surface area (Å²) in [6.07, 6.45) is 0.147. The molecule has 1 N–H and O–H groups in total. The Morgan fingerprint density at radius 2 is 2.07 bits per heavy atom. The second kappa shape index (κ2) is 4.07. The van der Waals surface area contributed by atoms with E-state index in [4.69, 9.17) is 4.74 Å². The summed E-state index contributed by atoms with van der Waals surface area (Å²) >= 11 is 0. The maximum absolute atomic E-state index is 12.7. The van der Waals surface area contributed by atoms with Gasteiger partial charge >= 0.3 is 0 Å². The molecule has 76 valence electrons. The zero-order valence-electron chi connectivity index (χ0n) is 8.16. The molecule has 2 nitrogen and oxygen atoms in total. The van der Waals surface area contributed by atoms with Gasteiger partial charge in [-0.1, -0.05) is 12.1 Å². The van der Waals surface area contributed by atoms with Crippen molar-refractivity contribution in [3.8, 4) is 0 Å². The van der Waals surface area contributed by atoms with Gasteiger partial charge in [-0.3, -0.25) is 0 Å². The summed E-state index contributed by atoms with van der Waals surface area (Å²) in [5.41, 5.74) is 1.08. The van der Waals surface area contributed by atoms with Crippen LogP contribution in [0.5, 0.6) is 0 Å². The molecule has 0 radical (unpaired) electrons. The summed E-state index contributed by atoms with van der Waals surface area (Å²) in [5.74, 6) is -0.196. The third kappa shape index (κ3) is 1.94. The smallest absolute Gasteiger partial charge is 0.123 e. The molecule has 0 spiro atoms. The maximum atomic E-state index is 12.7. The van der Waals surface area contributed by atoms with Crippen molar-refractivity contribution in [2.45, 2.75) is 19.1 Å². The van der Waals surface area contributed by atoms with Crippen LogP contribution in [0.3, 0.4) is 0 Å². The van der Waals surface area contributed by atoms with E-state index in [2.05, 4.69) is 5.32 Å². The van der Waals surface area contributed by atoms with E-state index in [1.54, 1.807) is 12.1 Å². The molecule has 1 saturated heterocycles. The van der Waals surface area contributed by atoms with Gasteiger partial charge in [-0.25, -0.2) is 4.39 Å². The lowest BCUT2D eigenvalue weighted by atomic mass is 10.0. The number of hydrogen-bond acceptors (Lipinski definition) is 2. The first-order chi connectivity index (χ1) is 6.77. The van der Waals surface area contributed by atoms with E-state index in [-0.39, 0.29) is 18.0 Å². The van der Waals surface area contributed by atoms with E-state index in [1.807, 2.05) is 6.92 Å². The number of morpholine rings is 1. The van der Waals surface area contributed by atoms with Crippen LogP contribution in [-0.4, -0.2) is 19.3 Å². The second-order valence-corrected chi connectivity index (χ2v) is 3.56. The third-order valence-electron chi connectivity index (χ3n) is 2.55. The molecule has 1 heterocycles. The van der Waals surface area contributed by atoms with Crippen molar-refractivity contribution < 1.29 is 9.13 Å². The molecule has 0 saturated carbocycles. The molecule has 1 aliphatic heterocycles. The van der Waals surface area contributed by atoms with Gasteiger partial charge in [0.05, 0.1) is 18.8 Å². The molecule has 0 bridgehead atoms. The number of benzene rings is 1. The summed E-state index contributed by atoms with van der Waals surface area (Å²) < 4.78 is 18.2. The van der Waals surface area contributed by atoms with Crippen LogP contribution < -0.4 is 5.32 Å². The summed E-state index contributed by atoms with van der Waals surface area (Å²) in [6.45, 7) is 3.63. The van der Waals surface area contributed by atoms with Crippen LogP contribution >= 0.6 is 0 Å². The van der Waals surface area contributed by atoms with Crippen molar-refractivity contribution in [2.24, 2.45) is 0 Å². The van der Waals surface area contributed by atoms with Gasteiger partial charge in [-0.2, -0.15) is 0 Å². The molecule has 0 aromatic heterocycles. The molecule has 1 aliphatic rings. The second-order valence-electron chi connectivity index (χ2n) is 3.56. The lowest BCUT2D eigenvalue weighted by Crippen LogP contribution is -2.40. The Bertz CT molecular complexity index is 299. The monoisotopic (exact) mass is 195 g/mol. The maximum Gasteiger partial charge on any atom is 0.123 e. The van der Waals surface area contributed by atoms with E-state index in [0.717, 1.165) is 18.7 Å². The predicted octanol–water partition coefficient (Wildman–Crippen LogP) is 1.88. The van der Waals surface area contributed by atoms with Gasteiger partial charge in [0.2, 0.25) is 0 Å². The fourth-order valence-electron chi connectivity index (χ4n) is 1.78. The van der Waals surface area contributed by atoms with Gasteiger partial charge in [0.1, 0.15) is 5.82 Å². The lowest BCUT2D eigenvalue weighted by Gasteiger charge is -2.30. The van der Waals surface area contributed by atoms with Gasteiger partial charge in [0, 0.05) is 6.54 Å². The molecule has 2 atom stereocenters. The normalized spacial score (nSPS) is 27.6. The zero-order valence-corrected chi connectivity index (χ0v) is 8.16. The van der Waals surface area contributed by atoms with Crippen molar-refractivity contribution in [3.63, 3.8) is 0 Å². The summed E-state index contributed by atoms with van der Waals surface area (Å²) in [7, 11) is 0. The van der Waals surface area contributed by atoms with Gasteiger partial charge < -0.3 is 10.1 Å². The molecule has 0 aliphatic carbocycles. The van der Waals surface area contributed by atoms with Crippen molar-refractivity contribution in [3.05, 3.63) is 35.6 Å². The highest BCUT2D eigenvalue weighted by molar-refractivity contribution is 5.21. The largest absolute Gasteiger partial charge is 0.375 e. The highest BCUT2D eigenvalue weighted by Gasteiger charge is 2.22. The lowest BCUT2D eigenvalue weighted by molar-refractivity contribution is 0.00754. The van der Waals surface area contributed by atoms with Crippen LogP contribution in [-0.2, 0) is 4.74 Å². The molecule has 1 aromatic carbocycles. The van der Waals surface area contributed by atoms with Crippen LogP contribution in [0.2, 0.25) is 0 Å². The topological polar surface area (TPSA) is 21.3 Å². The predicted molar refractivity (Wildman–Crippen MR) is 52.6 cm³/mol. The van der Waals surface area contributed by atoms with Gasteiger partial charge in [0.25, 0.3) is 0 Å². The number of rotatable bonds is 1. The Morgan fingerprint density at radius 1 is 1.36 bits per heavy atom. The molecule has 2 rings (SSSR count). The number of halogens is 1. The minimum absolute atomic E-state index is 0.147. The highest BCUT2D eigenvalue weighted by Crippen LogP contribution is 2.21. The Balaban J connectivity index is 2.16. The average molecular weight is 195 g/mol. The fourth-order valence-corrected chi connectivity index (χ4v) is 1.78. The summed E-state index contributed by atoms with van der Waals surface area (Å²) in [6, 6.07) is 6.76. The first-order valence-electron chi connectivity index (χ1n) is 4.88. The number of ether oxygens (including phenoxy) is 1. The van der Waals surface area contributed by atoms with Gasteiger partial charge in [0.15, 0.2) is 0 Å². The molecule has 0 unspecified atom stereocenters. The Morgan fingerprint density at radius 3 is 2.71 bits per heavy atom. The fraction of sp³-hybridized carbons (Fsp3) is 0.455. The van der Waals surface area contributed by atoms with E-state index in [9.17, 15) is 4.39 Å². The van der Waals surface area contributed by atoms with Crippen molar-refractivity contribution in [1.82, 2.24) is 5.32 Å². The Labute approximate surface area is 83.1 Å². The Kier molecular flexibility index (Phi) is 2.79. The average Bonchev–Trinajstić information content (AvgIpc) is 2.20. The standard InChI is InChI=1S/C11H14FNO/c1-8-11(13-6-7-14-8)9-2-4-10(12)5-3-9/h2-5,8,11,13H,6-7H2,1H3/t8-,11+/m0/s1. The number of hydrogen-bond donors (Lipinski definition) is 1. The minimum Gasteiger partial charge on any atom is -0.375 e. The molecule has 1 aromatic rings. The molecule has 1 fully saturated rings. The SMILES string of the molecule is C[C@@H]1OCCN[C@H]1c1ccc(F)cc1. The van der Waals surface area contributed by atoms with Crippen LogP contribution in [0, 0.1) is 5.82 Å². The quantitative estimate of drug-likeness (QED) is 0.738. The molecular weight excluding hydrogens is 181 g/mol. The first-order valence-corrected chi connectivity index (χ1v) is 4.88. The third-order valence-corrected chi connectivity index (χ3v) is 2.55. The van der Waals surface area contributed by atoms with Gasteiger partial charge in [-0.05, 0) is 24.6 Å². The zero-order chi connectivity index (χ0) is 9.97. The van der Waals surface area contributed by atoms with Crippen LogP contribution in [0.4, 0.5) is 4.39 Å². The summed E-state index contributed by atoms with van der Waals surface area (Å²) in [4.78, 5) is 0. The van der Waals surface area contributed by atoms with Gasteiger partial charge in [-0.15, -0.1) is 0 Å². The Hall–Kier alpha value is -0.930. The summed E-state index contributed by atoms with van der Waals surface area (Å²) in [5, 5.41) is 3.36. The van der Waals surface area contributed by atoms with E-state index >= 15 is 0 Å². The van der Waals surface area contributed by atoms with E-state index in [1.165, 1.54) is 12.1 Å². The van der Waals surface area contributed by atoms with E-state index in [0.29, 0.717) is 0 Å². The van der Waals surface area contributed by atoms with Crippen LogP contribution in [0.15, 0.2) is 24.3 Å². The van der Waals surface area contributed by atoms with Crippen molar-refractivity contribution >= 4 is 0 Å². The van der Waals surface area contributed by atoms with Crippen molar-refractivity contribution in [2.75, 3.05) is 13.2 Å². The molecule has 0 amide bonds. The minimum atomic E-state index is -0.196. The van der Waals surface area contributed by atoms with E-state index < -0.39 is 0 Å².